The van der Waals surface area contributed by atoms with Crippen molar-refractivity contribution in [1.29, 1.82) is 0 Å². The maximum absolute atomic E-state index is 12.6. The van der Waals surface area contributed by atoms with Crippen molar-refractivity contribution in [2.45, 2.75) is 13.0 Å². The van der Waals surface area contributed by atoms with E-state index in [0.717, 1.165) is 10.4 Å². The van der Waals surface area contributed by atoms with Crippen LogP contribution in [0.3, 0.4) is 0 Å². The quantitative estimate of drug-likeness (QED) is 0.667. The number of rotatable bonds is 5. The van der Waals surface area contributed by atoms with Crippen LogP contribution in [-0.2, 0) is 16.6 Å². The molecule has 2 aromatic carbocycles. The topological polar surface area (TPSA) is 93.5 Å². The SMILES string of the molecule is C[C@H](OC(=O)c1nn(C)c(=O)c2ccccc12)C(=O)Nc1ccc(N(C)C)cc1. The van der Waals surface area contributed by atoms with E-state index in [1.807, 2.05) is 31.1 Å². The highest BCUT2D eigenvalue weighted by atomic mass is 16.5. The van der Waals surface area contributed by atoms with E-state index in [1.165, 1.54) is 14.0 Å². The van der Waals surface area contributed by atoms with Gasteiger partial charge in [-0.1, -0.05) is 18.2 Å². The number of nitrogens with zero attached hydrogens (tertiary/aromatic N) is 3. The maximum Gasteiger partial charge on any atom is 0.360 e. The molecule has 1 amide bonds. The van der Waals surface area contributed by atoms with Crippen molar-refractivity contribution in [2.75, 3.05) is 24.3 Å². The molecule has 0 bridgehead atoms. The highest BCUT2D eigenvalue weighted by Gasteiger charge is 2.23. The summed E-state index contributed by atoms with van der Waals surface area (Å²) >= 11 is 0. The van der Waals surface area contributed by atoms with Gasteiger partial charge in [0.25, 0.3) is 11.5 Å². The van der Waals surface area contributed by atoms with E-state index in [2.05, 4.69) is 10.4 Å². The molecular weight excluding hydrogens is 372 g/mol. The number of nitrogens with one attached hydrogen (secondary N) is 1. The second kappa shape index (κ2) is 8.14. The molecule has 0 saturated carbocycles. The fraction of sp³-hybridized carbons (Fsp3) is 0.238. The molecule has 29 heavy (non-hydrogen) atoms. The largest absolute Gasteiger partial charge is 0.448 e. The highest BCUT2D eigenvalue weighted by Crippen LogP contribution is 2.17. The Morgan fingerprint density at radius 1 is 1.07 bits per heavy atom. The number of fused-ring (bicyclic) bond motifs is 1. The first-order chi connectivity index (χ1) is 13.8. The standard InChI is InChI=1S/C21H22N4O4/c1-13(19(26)22-14-9-11-15(12-10-14)24(2)3)29-21(28)18-16-7-5-6-8-17(16)20(27)25(4)23-18/h5-13H,1-4H3,(H,22,26)/t13-/m0/s1. The summed E-state index contributed by atoms with van der Waals surface area (Å²) in [6, 6.07) is 13.9. The van der Waals surface area contributed by atoms with Crippen molar-refractivity contribution in [3.05, 3.63) is 64.6 Å². The van der Waals surface area contributed by atoms with E-state index in [4.69, 9.17) is 4.74 Å². The molecule has 3 aromatic rings. The normalized spacial score (nSPS) is 11.7. The lowest BCUT2D eigenvalue weighted by Gasteiger charge is -2.16. The fourth-order valence-corrected chi connectivity index (χ4v) is 2.81. The van der Waals surface area contributed by atoms with Crippen molar-refractivity contribution in [3.63, 3.8) is 0 Å². The van der Waals surface area contributed by atoms with Crippen molar-refractivity contribution >= 4 is 34.0 Å². The second-order valence-corrected chi connectivity index (χ2v) is 6.80. The number of benzene rings is 2. The zero-order chi connectivity index (χ0) is 21.1. The summed E-state index contributed by atoms with van der Waals surface area (Å²) in [6.07, 6.45) is -1.05. The molecule has 150 valence electrons. The summed E-state index contributed by atoms with van der Waals surface area (Å²) in [6.45, 7) is 1.48. The Bertz CT molecular complexity index is 1120. The summed E-state index contributed by atoms with van der Waals surface area (Å²) in [7, 11) is 5.30. The second-order valence-electron chi connectivity index (χ2n) is 6.80. The van der Waals surface area contributed by atoms with E-state index in [1.54, 1.807) is 36.4 Å². The first-order valence-corrected chi connectivity index (χ1v) is 9.03. The Balaban J connectivity index is 1.75. The molecule has 1 heterocycles. The molecule has 0 saturated heterocycles. The predicted molar refractivity (Wildman–Crippen MR) is 111 cm³/mol. The number of aryl methyl sites for hydroxylation is 1. The molecule has 8 heteroatoms. The van der Waals surface area contributed by atoms with Gasteiger partial charge in [-0.05, 0) is 37.3 Å². The van der Waals surface area contributed by atoms with E-state index >= 15 is 0 Å². The van der Waals surface area contributed by atoms with Crippen molar-refractivity contribution in [3.8, 4) is 0 Å². The molecule has 0 fully saturated rings. The molecule has 0 radical (unpaired) electrons. The molecule has 1 atom stereocenters. The van der Waals surface area contributed by atoms with E-state index in [-0.39, 0.29) is 11.3 Å². The Morgan fingerprint density at radius 3 is 2.31 bits per heavy atom. The molecule has 1 aromatic heterocycles. The molecule has 1 N–H and O–H groups in total. The number of carbonyl (C=O) groups excluding carboxylic acids is 2. The number of ether oxygens (including phenoxy) is 1. The van der Waals surface area contributed by atoms with Crippen LogP contribution < -0.4 is 15.8 Å². The summed E-state index contributed by atoms with van der Waals surface area (Å²) in [4.78, 5) is 39.2. The summed E-state index contributed by atoms with van der Waals surface area (Å²) in [5.41, 5.74) is 1.26. The molecule has 0 spiro atoms. The van der Waals surface area contributed by atoms with Crippen LogP contribution in [0.15, 0.2) is 53.3 Å². The number of esters is 1. The number of anilines is 2. The molecule has 3 rings (SSSR count). The third kappa shape index (κ3) is 4.26. The summed E-state index contributed by atoms with van der Waals surface area (Å²) in [5, 5.41) is 7.47. The lowest BCUT2D eigenvalue weighted by atomic mass is 10.1. The number of carbonyl (C=O) groups is 2. The van der Waals surface area contributed by atoms with E-state index in [9.17, 15) is 14.4 Å². The van der Waals surface area contributed by atoms with Crippen molar-refractivity contribution in [2.24, 2.45) is 7.05 Å². The van der Waals surface area contributed by atoms with Crippen molar-refractivity contribution in [1.82, 2.24) is 9.78 Å². The zero-order valence-electron chi connectivity index (χ0n) is 16.7. The molecule has 0 aliphatic rings. The first-order valence-electron chi connectivity index (χ1n) is 9.03. The van der Waals surface area contributed by atoms with Crippen LogP contribution in [0.2, 0.25) is 0 Å². The Morgan fingerprint density at radius 2 is 1.69 bits per heavy atom. The lowest BCUT2D eigenvalue weighted by molar-refractivity contribution is -0.123. The summed E-state index contributed by atoms with van der Waals surface area (Å²) in [5.74, 6) is -1.24. The highest BCUT2D eigenvalue weighted by molar-refractivity contribution is 6.03. The molecule has 0 aliphatic carbocycles. The monoisotopic (exact) mass is 394 g/mol. The van der Waals surface area contributed by atoms with Gasteiger partial charge >= 0.3 is 5.97 Å². The van der Waals surface area contributed by atoms with E-state index in [0.29, 0.717) is 16.5 Å². The van der Waals surface area contributed by atoms with Gasteiger partial charge in [0.15, 0.2) is 11.8 Å². The third-order valence-corrected chi connectivity index (χ3v) is 4.45. The third-order valence-electron chi connectivity index (χ3n) is 4.45. The minimum Gasteiger partial charge on any atom is -0.448 e. The van der Waals surface area contributed by atoms with Crippen LogP contribution in [0.1, 0.15) is 17.4 Å². The average Bonchev–Trinajstić information content (AvgIpc) is 2.71. The fourth-order valence-electron chi connectivity index (χ4n) is 2.81. The van der Waals surface area contributed by atoms with Gasteiger partial charge in [-0.15, -0.1) is 0 Å². The zero-order valence-corrected chi connectivity index (χ0v) is 16.7. The van der Waals surface area contributed by atoms with Crippen LogP contribution >= 0.6 is 0 Å². The number of amides is 1. The Labute approximate surface area is 167 Å². The molecular formula is C21H22N4O4. The van der Waals surface area contributed by atoms with E-state index < -0.39 is 18.0 Å². The average molecular weight is 394 g/mol. The van der Waals surface area contributed by atoms with Crippen molar-refractivity contribution < 1.29 is 14.3 Å². The predicted octanol–water partition coefficient (Wildman–Crippen LogP) is 2.18. The van der Waals surface area contributed by atoms with Crippen LogP contribution in [0.5, 0.6) is 0 Å². The van der Waals surface area contributed by atoms with Gasteiger partial charge in [0.1, 0.15) is 0 Å². The van der Waals surface area contributed by atoms with Gasteiger partial charge in [0.05, 0.1) is 5.39 Å². The van der Waals surface area contributed by atoms with Gasteiger partial charge in [0.2, 0.25) is 0 Å². The van der Waals surface area contributed by atoms with Gasteiger partial charge < -0.3 is 15.0 Å². The summed E-state index contributed by atoms with van der Waals surface area (Å²) < 4.78 is 6.38. The number of hydrogen-bond acceptors (Lipinski definition) is 6. The molecule has 8 nitrogen and oxygen atoms in total. The van der Waals surface area contributed by atoms with Gasteiger partial charge in [-0.2, -0.15) is 5.10 Å². The van der Waals surface area contributed by atoms with Crippen LogP contribution in [0.25, 0.3) is 10.8 Å². The van der Waals surface area contributed by atoms with Crippen LogP contribution in [0, 0.1) is 0 Å². The Hall–Kier alpha value is -3.68. The molecule has 0 unspecified atom stereocenters. The van der Waals surface area contributed by atoms with Crippen LogP contribution in [0.4, 0.5) is 11.4 Å². The maximum atomic E-state index is 12.6. The molecule has 0 aliphatic heterocycles. The van der Waals surface area contributed by atoms with Crippen LogP contribution in [-0.4, -0.2) is 41.9 Å². The lowest BCUT2D eigenvalue weighted by Crippen LogP contribution is -2.31. The van der Waals surface area contributed by atoms with Gasteiger partial charge in [-0.25, -0.2) is 9.48 Å². The first kappa shape index (κ1) is 20.1. The number of aromatic nitrogens is 2. The smallest absolute Gasteiger partial charge is 0.360 e. The minimum absolute atomic E-state index is 0.0160. The van der Waals surface area contributed by atoms with Gasteiger partial charge in [0, 0.05) is 37.9 Å². The Kier molecular flexibility index (Phi) is 5.63. The number of hydrogen-bond donors (Lipinski definition) is 1. The van der Waals surface area contributed by atoms with Gasteiger partial charge in [-0.3, -0.25) is 9.59 Å². The minimum atomic E-state index is -1.05.